The molecule has 1 fully saturated rings. The fraction of sp³-hybridized carbons (Fsp3) is 0.500. The molecule has 1 aromatic rings. The molecule has 0 aliphatic heterocycles. The van der Waals surface area contributed by atoms with Crippen molar-refractivity contribution in [3.8, 4) is 6.07 Å². The molecule has 0 unspecified atom stereocenters. The molecule has 1 saturated carbocycles. The minimum atomic E-state index is -0.388. The van der Waals surface area contributed by atoms with E-state index in [1.54, 1.807) is 18.5 Å². The van der Waals surface area contributed by atoms with Gasteiger partial charge in [0, 0.05) is 12.4 Å². The average Bonchev–Trinajstić information content (AvgIpc) is 2.69. The van der Waals surface area contributed by atoms with Crippen molar-refractivity contribution in [3.63, 3.8) is 0 Å². The van der Waals surface area contributed by atoms with E-state index < -0.39 is 0 Å². The highest BCUT2D eigenvalue weighted by Gasteiger charge is 2.38. The Hall–Kier alpha value is -1.43. The quantitative estimate of drug-likeness (QED) is 0.650. The van der Waals surface area contributed by atoms with Crippen molar-refractivity contribution in [2.24, 2.45) is 0 Å². The molecule has 0 saturated heterocycles. The zero-order valence-corrected chi connectivity index (χ0v) is 7.40. The highest BCUT2D eigenvalue weighted by molar-refractivity contribution is 5.21. The monoisotopic (exact) mass is 173 g/mol. The first-order valence-electron chi connectivity index (χ1n) is 4.56. The lowest BCUT2D eigenvalue weighted by Crippen LogP contribution is -2.22. The molecule has 1 aliphatic carbocycles. The number of hydrogen-bond acceptors (Lipinski definition) is 3. The normalized spacial score (nSPS) is 19.6. The minimum Gasteiger partial charge on any atom is -0.240 e. The Labute approximate surface area is 77.4 Å². The third-order valence-corrected chi connectivity index (χ3v) is 2.66. The zero-order valence-electron chi connectivity index (χ0n) is 7.40. The third kappa shape index (κ3) is 1.29. The van der Waals surface area contributed by atoms with Gasteiger partial charge >= 0.3 is 0 Å². The third-order valence-electron chi connectivity index (χ3n) is 2.66. The van der Waals surface area contributed by atoms with Gasteiger partial charge in [0.2, 0.25) is 0 Å². The van der Waals surface area contributed by atoms with Crippen LogP contribution in [-0.4, -0.2) is 9.97 Å². The second kappa shape index (κ2) is 3.14. The predicted octanol–water partition coefficient (Wildman–Crippen LogP) is 1.81. The van der Waals surface area contributed by atoms with Gasteiger partial charge in [-0.2, -0.15) is 5.26 Å². The SMILES string of the molecule is N#CC1(c2ncccn2)CCCC1. The van der Waals surface area contributed by atoms with Crippen molar-refractivity contribution in [2.75, 3.05) is 0 Å². The lowest BCUT2D eigenvalue weighted by atomic mass is 9.87. The fourth-order valence-electron chi connectivity index (χ4n) is 1.91. The predicted molar refractivity (Wildman–Crippen MR) is 47.8 cm³/mol. The van der Waals surface area contributed by atoms with Crippen molar-refractivity contribution < 1.29 is 0 Å². The molecular formula is C10H11N3. The Morgan fingerprint density at radius 1 is 1.23 bits per heavy atom. The van der Waals surface area contributed by atoms with Gasteiger partial charge in [0.25, 0.3) is 0 Å². The first-order valence-corrected chi connectivity index (χ1v) is 4.56. The first-order chi connectivity index (χ1) is 6.37. The van der Waals surface area contributed by atoms with Crippen LogP contribution in [0.3, 0.4) is 0 Å². The van der Waals surface area contributed by atoms with E-state index in [0.717, 1.165) is 25.7 Å². The van der Waals surface area contributed by atoms with Gasteiger partial charge in [-0.05, 0) is 18.9 Å². The van der Waals surface area contributed by atoms with E-state index >= 15 is 0 Å². The second-order valence-corrected chi connectivity index (χ2v) is 3.47. The van der Waals surface area contributed by atoms with Crippen molar-refractivity contribution in [3.05, 3.63) is 24.3 Å². The standard InChI is InChI=1S/C10H11N3/c11-8-10(4-1-2-5-10)9-12-6-3-7-13-9/h3,6-7H,1-2,4-5H2. The first kappa shape index (κ1) is 8.18. The van der Waals surface area contributed by atoms with Crippen LogP contribution in [0, 0.1) is 11.3 Å². The number of aromatic nitrogens is 2. The van der Waals surface area contributed by atoms with Gasteiger partial charge in [0.1, 0.15) is 11.2 Å². The summed E-state index contributed by atoms with van der Waals surface area (Å²) in [6, 6.07) is 4.15. The Morgan fingerprint density at radius 2 is 1.85 bits per heavy atom. The van der Waals surface area contributed by atoms with Gasteiger partial charge in [-0.25, -0.2) is 9.97 Å². The maximum atomic E-state index is 9.14. The molecular weight excluding hydrogens is 162 g/mol. The van der Waals surface area contributed by atoms with E-state index in [0.29, 0.717) is 5.82 Å². The van der Waals surface area contributed by atoms with Crippen LogP contribution in [0.25, 0.3) is 0 Å². The topological polar surface area (TPSA) is 49.6 Å². The maximum absolute atomic E-state index is 9.14. The van der Waals surface area contributed by atoms with E-state index in [4.69, 9.17) is 5.26 Å². The van der Waals surface area contributed by atoms with Gasteiger partial charge in [-0.3, -0.25) is 0 Å². The summed E-state index contributed by atoms with van der Waals surface area (Å²) in [5.41, 5.74) is -0.388. The van der Waals surface area contributed by atoms with Gasteiger partial charge in [-0.15, -0.1) is 0 Å². The molecule has 3 nitrogen and oxygen atoms in total. The zero-order chi connectivity index (χ0) is 9.15. The van der Waals surface area contributed by atoms with E-state index in [-0.39, 0.29) is 5.41 Å². The Balaban J connectivity index is 2.38. The highest BCUT2D eigenvalue weighted by Crippen LogP contribution is 2.38. The Morgan fingerprint density at radius 3 is 2.38 bits per heavy atom. The summed E-state index contributed by atoms with van der Waals surface area (Å²) in [4.78, 5) is 8.34. The summed E-state index contributed by atoms with van der Waals surface area (Å²) in [5, 5.41) is 9.14. The van der Waals surface area contributed by atoms with Crippen LogP contribution in [-0.2, 0) is 5.41 Å². The van der Waals surface area contributed by atoms with E-state index in [1.807, 2.05) is 0 Å². The molecule has 1 aromatic heterocycles. The molecule has 66 valence electrons. The molecule has 3 heteroatoms. The number of hydrogen-bond donors (Lipinski definition) is 0. The molecule has 0 radical (unpaired) electrons. The lowest BCUT2D eigenvalue weighted by Gasteiger charge is -2.16. The highest BCUT2D eigenvalue weighted by atomic mass is 14.9. The van der Waals surface area contributed by atoms with E-state index in [1.165, 1.54) is 0 Å². The van der Waals surface area contributed by atoms with Gasteiger partial charge in [-0.1, -0.05) is 12.8 Å². The summed E-state index contributed by atoms with van der Waals surface area (Å²) in [6.45, 7) is 0. The lowest BCUT2D eigenvalue weighted by molar-refractivity contribution is 0.533. The molecule has 0 spiro atoms. The van der Waals surface area contributed by atoms with Crippen molar-refractivity contribution in [2.45, 2.75) is 31.1 Å². The van der Waals surface area contributed by atoms with Crippen LogP contribution in [0.15, 0.2) is 18.5 Å². The fourth-order valence-corrected chi connectivity index (χ4v) is 1.91. The number of rotatable bonds is 1. The minimum absolute atomic E-state index is 0.388. The molecule has 1 heterocycles. The van der Waals surface area contributed by atoms with Crippen LogP contribution in [0.2, 0.25) is 0 Å². The van der Waals surface area contributed by atoms with Crippen molar-refractivity contribution >= 4 is 0 Å². The van der Waals surface area contributed by atoms with Crippen LogP contribution in [0.1, 0.15) is 31.5 Å². The Bertz CT molecular complexity index is 320. The van der Waals surface area contributed by atoms with Crippen LogP contribution < -0.4 is 0 Å². The molecule has 0 atom stereocenters. The summed E-state index contributed by atoms with van der Waals surface area (Å²) >= 11 is 0. The maximum Gasteiger partial charge on any atom is 0.148 e. The molecule has 0 bridgehead atoms. The van der Waals surface area contributed by atoms with E-state index in [2.05, 4.69) is 16.0 Å². The molecule has 0 aromatic carbocycles. The molecule has 13 heavy (non-hydrogen) atoms. The Kier molecular flexibility index (Phi) is 1.97. The molecule has 2 rings (SSSR count). The summed E-state index contributed by atoms with van der Waals surface area (Å²) in [5.74, 6) is 0.704. The molecule has 1 aliphatic rings. The van der Waals surface area contributed by atoms with Gasteiger partial charge < -0.3 is 0 Å². The van der Waals surface area contributed by atoms with Crippen LogP contribution in [0.4, 0.5) is 0 Å². The average molecular weight is 173 g/mol. The summed E-state index contributed by atoms with van der Waals surface area (Å²) in [6.07, 6.45) is 7.47. The molecule has 0 N–H and O–H groups in total. The molecule has 0 amide bonds. The van der Waals surface area contributed by atoms with Gasteiger partial charge in [0.15, 0.2) is 0 Å². The van der Waals surface area contributed by atoms with E-state index in [9.17, 15) is 0 Å². The number of nitrogens with zero attached hydrogens (tertiary/aromatic N) is 3. The van der Waals surface area contributed by atoms with Gasteiger partial charge in [0.05, 0.1) is 6.07 Å². The van der Waals surface area contributed by atoms with Crippen LogP contribution >= 0.6 is 0 Å². The summed E-state index contributed by atoms with van der Waals surface area (Å²) in [7, 11) is 0. The number of nitriles is 1. The van der Waals surface area contributed by atoms with Crippen molar-refractivity contribution in [1.29, 1.82) is 5.26 Å². The van der Waals surface area contributed by atoms with Crippen molar-refractivity contribution in [1.82, 2.24) is 9.97 Å². The largest absolute Gasteiger partial charge is 0.240 e. The smallest absolute Gasteiger partial charge is 0.148 e. The van der Waals surface area contributed by atoms with Crippen LogP contribution in [0.5, 0.6) is 0 Å². The summed E-state index contributed by atoms with van der Waals surface area (Å²) < 4.78 is 0. The second-order valence-electron chi connectivity index (χ2n) is 3.47.